The lowest BCUT2D eigenvalue weighted by atomic mass is 9.98. The minimum Gasteiger partial charge on any atom is -0.293 e. The van der Waals surface area contributed by atoms with E-state index in [-0.39, 0.29) is 40.0 Å². The fourth-order valence-corrected chi connectivity index (χ4v) is 8.25. The number of aryl methyl sites for hydroxylation is 1. The molecular weight excluding hydrogens is 506 g/mol. The van der Waals surface area contributed by atoms with Crippen LogP contribution in [0, 0.1) is 12.8 Å². The number of hydrogen-bond acceptors (Lipinski definition) is 5. The fraction of sp³-hybridized carbons (Fsp3) is 0.207. The zero-order valence-corrected chi connectivity index (χ0v) is 22.2. The van der Waals surface area contributed by atoms with Gasteiger partial charge in [0, 0.05) is 24.6 Å². The number of ketones is 1. The second kappa shape index (κ2) is 9.52. The molecule has 0 radical (unpaired) electrons. The van der Waals surface area contributed by atoms with E-state index in [1.807, 2.05) is 25.1 Å². The van der Waals surface area contributed by atoms with E-state index in [9.17, 15) is 21.6 Å². The van der Waals surface area contributed by atoms with Crippen LogP contribution in [0.2, 0.25) is 0 Å². The van der Waals surface area contributed by atoms with Gasteiger partial charge in [-0.2, -0.15) is 4.31 Å². The topological polar surface area (TPSA) is 88.6 Å². The van der Waals surface area contributed by atoms with Crippen LogP contribution < -0.4 is 0 Å². The van der Waals surface area contributed by atoms with Crippen molar-refractivity contribution in [3.8, 4) is 0 Å². The number of hydrogen-bond donors (Lipinski definition) is 0. The number of fused-ring (bicyclic) bond motifs is 1. The Balaban J connectivity index is 1.73. The van der Waals surface area contributed by atoms with E-state index in [0.717, 1.165) is 5.56 Å². The maximum absolute atomic E-state index is 13.9. The third kappa shape index (κ3) is 4.39. The Kier molecular flexibility index (Phi) is 6.52. The molecule has 0 N–H and O–H groups in total. The fourth-order valence-electron chi connectivity index (χ4n) is 5.09. The highest BCUT2D eigenvalue weighted by Crippen LogP contribution is 2.45. The number of nitrogens with zero attached hydrogens (tertiary/aromatic N) is 1. The van der Waals surface area contributed by atoms with Gasteiger partial charge in [0.05, 0.1) is 14.7 Å². The minimum atomic E-state index is -3.97. The number of carbonyl (C=O) groups excluding carboxylic acids is 1. The quantitative estimate of drug-likeness (QED) is 0.471. The first-order chi connectivity index (χ1) is 17.6. The van der Waals surface area contributed by atoms with Gasteiger partial charge in [-0.3, -0.25) is 4.79 Å². The van der Waals surface area contributed by atoms with Crippen molar-refractivity contribution in [1.82, 2.24) is 4.31 Å². The van der Waals surface area contributed by atoms with E-state index in [0.29, 0.717) is 22.3 Å². The highest BCUT2D eigenvalue weighted by molar-refractivity contribution is 7.95. The lowest BCUT2D eigenvalue weighted by Gasteiger charge is -2.21. The molecule has 0 aromatic heterocycles. The molecule has 3 aromatic rings. The van der Waals surface area contributed by atoms with Crippen LogP contribution in [-0.4, -0.2) is 40.0 Å². The Hall–Kier alpha value is -3.33. The number of benzene rings is 3. The van der Waals surface area contributed by atoms with E-state index in [1.54, 1.807) is 61.5 Å². The smallest absolute Gasteiger partial charge is 0.243 e. The monoisotopic (exact) mass is 533 g/mol. The Morgan fingerprint density at radius 2 is 1.38 bits per heavy atom. The molecule has 0 saturated carbocycles. The van der Waals surface area contributed by atoms with Crippen molar-refractivity contribution in [3.63, 3.8) is 0 Å². The maximum Gasteiger partial charge on any atom is 0.243 e. The molecule has 5 rings (SSSR count). The molecule has 1 atom stereocenters. The second-order valence-corrected chi connectivity index (χ2v) is 13.3. The maximum atomic E-state index is 13.9. The van der Waals surface area contributed by atoms with E-state index in [4.69, 9.17) is 0 Å². The Bertz CT molecular complexity index is 1640. The predicted octanol–water partition coefficient (Wildman–Crippen LogP) is 4.79. The molecule has 8 heteroatoms. The van der Waals surface area contributed by atoms with Crippen LogP contribution >= 0.6 is 0 Å². The number of rotatable bonds is 5. The first kappa shape index (κ1) is 25.3. The van der Waals surface area contributed by atoms with Crippen LogP contribution in [-0.2, 0) is 24.7 Å². The van der Waals surface area contributed by atoms with Crippen LogP contribution in [0.15, 0.2) is 111 Å². The van der Waals surface area contributed by atoms with Gasteiger partial charge < -0.3 is 0 Å². The zero-order chi connectivity index (χ0) is 26.4. The standard InChI is InChI=1S/C29H27NO5S2/c1-20-13-15-24(16-14-20)37(34,35)30-18-17-26(36(32,33)23-11-7-4-8-12-23)27-21(2)29(31)28(25(27)19-30)22-9-5-3-6-10-22/h3-16,21H,17-19H2,1-2H3. The second-order valence-electron chi connectivity index (χ2n) is 9.36. The third-order valence-corrected chi connectivity index (χ3v) is 10.8. The Labute approximate surface area is 217 Å². The molecule has 0 amide bonds. The molecule has 6 nitrogen and oxygen atoms in total. The molecule has 190 valence electrons. The summed E-state index contributed by atoms with van der Waals surface area (Å²) in [5.74, 6) is -0.910. The minimum absolute atomic E-state index is 0.0203. The van der Waals surface area contributed by atoms with Crippen LogP contribution in [0.4, 0.5) is 0 Å². The summed E-state index contributed by atoms with van der Waals surface area (Å²) >= 11 is 0. The normalized spacial score (nSPS) is 19.2. The highest BCUT2D eigenvalue weighted by atomic mass is 32.2. The van der Waals surface area contributed by atoms with Gasteiger partial charge in [-0.1, -0.05) is 73.2 Å². The summed E-state index contributed by atoms with van der Waals surface area (Å²) in [6.45, 7) is 3.48. The van der Waals surface area contributed by atoms with Crippen molar-refractivity contribution in [3.05, 3.63) is 112 Å². The van der Waals surface area contributed by atoms with Gasteiger partial charge in [0.25, 0.3) is 0 Å². The lowest BCUT2D eigenvalue weighted by molar-refractivity contribution is -0.115. The number of sulfonamides is 1. The molecule has 1 aliphatic carbocycles. The molecule has 37 heavy (non-hydrogen) atoms. The molecule has 0 bridgehead atoms. The third-order valence-electron chi connectivity index (χ3n) is 7.02. The van der Waals surface area contributed by atoms with Gasteiger partial charge in [-0.15, -0.1) is 0 Å². The summed E-state index contributed by atoms with van der Waals surface area (Å²) in [6, 6.07) is 23.7. The van der Waals surface area contributed by atoms with Crippen LogP contribution in [0.1, 0.15) is 24.5 Å². The first-order valence-electron chi connectivity index (χ1n) is 12.1. The van der Waals surface area contributed by atoms with Gasteiger partial charge in [0.15, 0.2) is 5.78 Å². The summed E-state index contributed by atoms with van der Waals surface area (Å²) < 4.78 is 56.5. The molecule has 1 heterocycles. The Morgan fingerprint density at radius 1 is 0.784 bits per heavy atom. The van der Waals surface area contributed by atoms with E-state index >= 15 is 0 Å². The summed E-state index contributed by atoms with van der Waals surface area (Å²) in [6.07, 6.45) is -0.0269. The summed E-state index contributed by atoms with van der Waals surface area (Å²) in [5, 5.41) is 0. The number of sulfone groups is 1. The van der Waals surface area contributed by atoms with Gasteiger partial charge >= 0.3 is 0 Å². The average Bonchev–Trinajstić information content (AvgIpc) is 3.02. The van der Waals surface area contributed by atoms with E-state index in [1.165, 1.54) is 16.4 Å². The highest BCUT2D eigenvalue weighted by Gasteiger charge is 2.43. The Morgan fingerprint density at radius 3 is 2.00 bits per heavy atom. The first-order valence-corrected chi connectivity index (χ1v) is 15.0. The van der Waals surface area contributed by atoms with E-state index < -0.39 is 25.8 Å². The van der Waals surface area contributed by atoms with Crippen molar-refractivity contribution < 1.29 is 21.6 Å². The van der Waals surface area contributed by atoms with E-state index in [2.05, 4.69) is 0 Å². The van der Waals surface area contributed by atoms with Crippen LogP contribution in [0.25, 0.3) is 5.57 Å². The summed E-state index contributed by atoms with van der Waals surface area (Å²) in [4.78, 5) is 14.0. The zero-order valence-electron chi connectivity index (χ0n) is 20.6. The van der Waals surface area contributed by atoms with Crippen molar-refractivity contribution in [1.29, 1.82) is 0 Å². The van der Waals surface area contributed by atoms with Crippen molar-refractivity contribution in [2.24, 2.45) is 5.92 Å². The molecule has 0 spiro atoms. The molecular formula is C29H27NO5S2. The molecule has 1 aliphatic heterocycles. The van der Waals surface area contributed by atoms with Crippen LogP contribution in [0.3, 0.4) is 0 Å². The number of carbonyl (C=O) groups is 1. The molecule has 0 saturated heterocycles. The predicted molar refractivity (Wildman–Crippen MR) is 143 cm³/mol. The largest absolute Gasteiger partial charge is 0.293 e. The molecule has 1 unspecified atom stereocenters. The van der Waals surface area contributed by atoms with Gasteiger partial charge in [-0.25, -0.2) is 16.8 Å². The van der Waals surface area contributed by atoms with Gasteiger partial charge in [0.1, 0.15) is 0 Å². The average molecular weight is 534 g/mol. The van der Waals surface area contributed by atoms with Gasteiger partial charge in [-0.05, 0) is 54.3 Å². The summed E-state index contributed by atoms with van der Waals surface area (Å²) in [5.41, 5.74) is 2.85. The molecule has 2 aliphatic rings. The van der Waals surface area contributed by atoms with Crippen molar-refractivity contribution >= 4 is 31.2 Å². The van der Waals surface area contributed by atoms with Crippen molar-refractivity contribution in [2.75, 3.05) is 13.1 Å². The lowest BCUT2D eigenvalue weighted by Crippen LogP contribution is -2.33. The summed E-state index contributed by atoms with van der Waals surface area (Å²) in [7, 11) is -7.92. The molecule has 0 fully saturated rings. The van der Waals surface area contributed by atoms with Crippen LogP contribution in [0.5, 0.6) is 0 Å². The van der Waals surface area contributed by atoms with Crippen molar-refractivity contribution in [2.45, 2.75) is 30.1 Å². The molecule has 3 aromatic carbocycles. The SMILES string of the molecule is Cc1ccc(S(=O)(=O)N2CCC(S(=O)(=O)c3ccccc3)=C3C(=C(c4ccccc4)C(=O)C3C)C2)cc1. The van der Waals surface area contributed by atoms with Gasteiger partial charge in [0.2, 0.25) is 19.9 Å². The number of Topliss-reactive ketones (excluding diaryl/α,β-unsaturated/α-hetero) is 1. The number of allylic oxidation sites excluding steroid dienone is 1.